The summed E-state index contributed by atoms with van der Waals surface area (Å²) in [6.45, 7) is 2.20. The maximum absolute atomic E-state index is 13.4. The number of carboxylic acids is 1. The van der Waals surface area contributed by atoms with Gasteiger partial charge in [-0.2, -0.15) is 0 Å². The van der Waals surface area contributed by atoms with Crippen LogP contribution in [0.1, 0.15) is 28.9 Å². The van der Waals surface area contributed by atoms with Crippen LogP contribution < -0.4 is 0 Å². The second-order valence-electron chi connectivity index (χ2n) is 5.36. The van der Waals surface area contributed by atoms with Crippen molar-refractivity contribution in [2.45, 2.75) is 25.8 Å². The molecule has 0 aliphatic carbocycles. The number of aromatic nitrogens is 1. The van der Waals surface area contributed by atoms with Crippen molar-refractivity contribution in [2.24, 2.45) is 0 Å². The van der Waals surface area contributed by atoms with Crippen molar-refractivity contribution in [1.29, 1.82) is 0 Å². The number of carbonyl (C=O) groups is 2. The van der Waals surface area contributed by atoms with Crippen LogP contribution in [0.5, 0.6) is 0 Å². The highest BCUT2D eigenvalue weighted by Gasteiger charge is 2.35. The van der Waals surface area contributed by atoms with Gasteiger partial charge in [0.15, 0.2) is 0 Å². The maximum Gasteiger partial charge on any atom is 0.326 e. The lowest BCUT2D eigenvalue weighted by atomic mass is 10.1. The van der Waals surface area contributed by atoms with Gasteiger partial charge >= 0.3 is 5.97 Å². The molecule has 1 aliphatic heterocycles. The number of aryl methyl sites for hydroxylation is 1. The number of H-pyrrole nitrogens is 1. The Bertz CT molecular complexity index is 738. The van der Waals surface area contributed by atoms with Crippen molar-refractivity contribution in [2.75, 3.05) is 6.54 Å². The monoisotopic (exact) mass is 290 g/mol. The smallest absolute Gasteiger partial charge is 0.326 e. The summed E-state index contributed by atoms with van der Waals surface area (Å²) in [5.41, 5.74) is 1.57. The van der Waals surface area contributed by atoms with Crippen LogP contribution in [-0.2, 0) is 4.79 Å². The molecule has 0 saturated carbocycles. The van der Waals surface area contributed by atoms with Gasteiger partial charge in [-0.25, -0.2) is 9.18 Å². The number of amides is 1. The van der Waals surface area contributed by atoms with Gasteiger partial charge in [0.2, 0.25) is 0 Å². The van der Waals surface area contributed by atoms with Crippen LogP contribution in [0.4, 0.5) is 4.39 Å². The summed E-state index contributed by atoms with van der Waals surface area (Å²) in [5, 5.41) is 9.92. The van der Waals surface area contributed by atoms with Crippen LogP contribution in [0.25, 0.3) is 10.9 Å². The Morgan fingerprint density at radius 1 is 1.38 bits per heavy atom. The summed E-state index contributed by atoms with van der Waals surface area (Å²) in [4.78, 5) is 27.9. The van der Waals surface area contributed by atoms with Crippen LogP contribution in [0, 0.1) is 12.7 Å². The number of hydrogen-bond acceptors (Lipinski definition) is 2. The Hall–Kier alpha value is -2.37. The molecular weight excluding hydrogens is 275 g/mol. The van der Waals surface area contributed by atoms with E-state index in [2.05, 4.69) is 4.98 Å². The summed E-state index contributed by atoms with van der Waals surface area (Å²) in [7, 11) is 0. The summed E-state index contributed by atoms with van der Waals surface area (Å²) in [6.07, 6.45) is 1.14. The number of hydrogen-bond donors (Lipinski definition) is 2. The lowest BCUT2D eigenvalue weighted by Gasteiger charge is -2.20. The van der Waals surface area contributed by atoms with Crippen LogP contribution in [0.3, 0.4) is 0 Å². The number of benzene rings is 1. The van der Waals surface area contributed by atoms with E-state index in [1.54, 1.807) is 13.0 Å². The fourth-order valence-corrected chi connectivity index (χ4v) is 2.91. The first kappa shape index (κ1) is 13.6. The van der Waals surface area contributed by atoms with Crippen LogP contribution in [0.15, 0.2) is 18.2 Å². The Morgan fingerprint density at radius 3 is 2.86 bits per heavy atom. The summed E-state index contributed by atoms with van der Waals surface area (Å²) in [6, 6.07) is 3.61. The molecule has 5 nitrogen and oxygen atoms in total. The molecule has 0 radical (unpaired) electrons. The van der Waals surface area contributed by atoms with E-state index in [1.807, 2.05) is 0 Å². The van der Waals surface area contributed by atoms with Crippen molar-refractivity contribution in [3.8, 4) is 0 Å². The SMILES string of the molecule is Cc1cc(F)cc2[nH]c(C(=O)N3CCC[C@@H]3C(=O)O)cc12. The number of carbonyl (C=O) groups excluding carboxylic acids is 1. The van der Waals surface area contributed by atoms with Gasteiger partial charge in [0, 0.05) is 17.4 Å². The average Bonchev–Trinajstić information content (AvgIpc) is 3.03. The zero-order valence-corrected chi connectivity index (χ0v) is 11.5. The number of aliphatic carboxylic acids is 1. The second kappa shape index (κ2) is 4.87. The number of nitrogens with zero attached hydrogens (tertiary/aromatic N) is 1. The number of aromatic amines is 1. The van der Waals surface area contributed by atoms with Gasteiger partial charge in [0.25, 0.3) is 5.91 Å². The van der Waals surface area contributed by atoms with E-state index in [0.29, 0.717) is 30.6 Å². The van der Waals surface area contributed by atoms with E-state index < -0.39 is 12.0 Å². The van der Waals surface area contributed by atoms with Crippen LogP contribution in [-0.4, -0.2) is 39.5 Å². The molecule has 1 aromatic carbocycles. The third kappa shape index (κ3) is 2.26. The summed E-state index contributed by atoms with van der Waals surface area (Å²) < 4.78 is 13.4. The highest BCUT2D eigenvalue weighted by atomic mass is 19.1. The maximum atomic E-state index is 13.4. The van der Waals surface area contributed by atoms with E-state index in [9.17, 15) is 14.0 Å². The van der Waals surface area contributed by atoms with Gasteiger partial charge in [-0.3, -0.25) is 4.79 Å². The predicted molar refractivity (Wildman–Crippen MR) is 74.7 cm³/mol. The van der Waals surface area contributed by atoms with E-state index >= 15 is 0 Å². The minimum Gasteiger partial charge on any atom is -0.480 e. The summed E-state index contributed by atoms with van der Waals surface area (Å²) >= 11 is 0. The quantitative estimate of drug-likeness (QED) is 0.891. The minimum absolute atomic E-state index is 0.298. The molecule has 3 rings (SSSR count). The standard InChI is InChI=1S/C15H15FN2O3/c1-8-5-9(16)6-11-10(8)7-12(17-11)14(19)18-4-2-3-13(18)15(20)21/h5-7,13,17H,2-4H2,1H3,(H,20,21)/t13-/m1/s1. The Labute approximate surface area is 120 Å². The van der Waals surface area contributed by atoms with E-state index in [-0.39, 0.29) is 11.7 Å². The first-order valence-electron chi connectivity index (χ1n) is 6.80. The fraction of sp³-hybridized carbons (Fsp3) is 0.333. The third-order valence-corrected chi connectivity index (χ3v) is 3.94. The number of fused-ring (bicyclic) bond motifs is 1. The highest BCUT2D eigenvalue weighted by molar-refractivity contribution is 6.00. The molecule has 2 N–H and O–H groups in total. The molecule has 6 heteroatoms. The largest absolute Gasteiger partial charge is 0.480 e. The van der Waals surface area contributed by atoms with Gasteiger partial charge in [-0.1, -0.05) is 0 Å². The molecule has 1 saturated heterocycles. The van der Waals surface area contributed by atoms with Crippen molar-refractivity contribution >= 4 is 22.8 Å². The van der Waals surface area contributed by atoms with Crippen molar-refractivity contribution in [3.05, 3.63) is 35.3 Å². The number of nitrogens with one attached hydrogen (secondary N) is 1. The topological polar surface area (TPSA) is 73.4 Å². The van der Waals surface area contributed by atoms with Gasteiger partial charge in [0.05, 0.1) is 0 Å². The Balaban J connectivity index is 1.98. The van der Waals surface area contributed by atoms with Gasteiger partial charge in [-0.05, 0) is 43.5 Å². The predicted octanol–water partition coefficient (Wildman–Crippen LogP) is 2.30. The first-order chi connectivity index (χ1) is 9.97. The average molecular weight is 290 g/mol. The lowest BCUT2D eigenvalue weighted by Crippen LogP contribution is -2.40. The molecule has 0 unspecified atom stereocenters. The van der Waals surface area contributed by atoms with Gasteiger partial charge < -0.3 is 15.0 Å². The van der Waals surface area contributed by atoms with Crippen molar-refractivity contribution < 1.29 is 19.1 Å². The molecule has 110 valence electrons. The molecule has 1 aromatic heterocycles. The Kier molecular flexibility index (Phi) is 3.16. The Morgan fingerprint density at radius 2 is 2.14 bits per heavy atom. The summed E-state index contributed by atoms with van der Waals surface area (Å²) in [5.74, 6) is -1.71. The molecule has 21 heavy (non-hydrogen) atoms. The molecule has 2 aromatic rings. The van der Waals surface area contributed by atoms with Crippen molar-refractivity contribution in [3.63, 3.8) is 0 Å². The fourth-order valence-electron chi connectivity index (χ4n) is 2.91. The molecule has 0 spiro atoms. The molecule has 1 amide bonds. The molecule has 1 fully saturated rings. The molecule has 2 heterocycles. The number of carboxylic acid groups (broad SMARTS) is 1. The van der Waals surface area contributed by atoms with E-state index in [1.165, 1.54) is 17.0 Å². The number of halogens is 1. The molecular formula is C15H15FN2O3. The first-order valence-corrected chi connectivity index (χ1v) is 6.80. The highest BCUT2D eigenvalue weighted by Crippen LogP contribution is 2.24. The zero-order chi connectivity index (χ0) is 15.1. The lowest BCUT2D eigenvalue weighted by molar-refractivity contribution is -0.141. The van der Waals surface area contributed by atoms with Crippen LogP contribution >= 0.6 is 0 Å². The van der Waals surface area contributed by atoms with E-state index in [0.717, 1.165) is 10.9 Å². The third-order valence-electron chi connectivity index (χ3n) is 3.94. The number of likely N-dealkylation sites (tertiary alicyclic amines) is 1. The van der Waals surface area contributed by atoms with Crippen molar-refractivity contribution in [1.82, 2.24) is 9.88 Å². The van der Waals surface area contributed by atoms with Crippen LogP contribution in [0.2, 0.25) is 0 Å². The molecule has 1 atom stereocenters. The zero-order valence-electron chi connectivity index (χ0n) is 11.5. The molecule has 1 aliphatic rings. The van der Waals surface area contributed by atoms with Gasteiger partial charge in [-0.15, -0.1) is 0 Å². The normalized spacial score (nSPS) is 18.4. The minimum atomic E-state index is -0.987. The molecule has 0 bridgehead atoms. The number of rotatable bonds is 2. The second-order valence-corrected chi connectivity index (χ2v) is 5.36. The van der Waals surface area contributed by atoms with Gasteiger partial charge in [0.1, 0.15) is 17.6 Å². The van der Waals surface area contributed by atoms with E-state index in [4.69, 9.17) is 5.11 Å².